The summed E-state index contributed by atoms with van der Waals surface area (Å²) in [5, 5.41) is 18.1. The number of aromatic nitrogens is 5. The highest BCUT2D eigenvalue weighted by Crippen LogP contribution is 2.32. The summed E-state index contributed by atoms with van der Waals surface area (Å²) in [4.78, 5) is 49.9. The summed E-state index contributed by atoms with van der Waals surface area (Å²) < 4.78 is 5.27. The van der Waals surface area contributed by atoms with Crippen LogP contribution in [-0.2, 0) is 28.0 Å². The van der Waals surface area contributed by atoms with Crippen molar-refractivity contribution in [2.24, 2.45) is 0 Å². The number of nitrogens with one attached hydrogen (secondary N) is 3. The second kappa shape index (κ2) is 17.5. The molecule has 0 radical (unpaired) electrons. The van der Waals surface area contributed by atoms with Crippen LogP contribution in [0.25, 0.3) is 33.4 Å². The fourth-order valence-corrected chi connectivity index (χ4v) is 7.36. The van der Waals surface area contributed by atoms with Crippen molar-refractivity contribution >= 4 is 34.8 Å². The van der Waals surface area contributed by atoms with Gasteiger partial charge in [-0.15, -0.1) is 0 Å². The van der Waals surface area contributed by atoms with Gasteiger partial charge in [-0.1, -0.05) is 74.5 Å². The van der Waals surface area contributed by atoms with E-state index in [2.05, 4.69) is 94.3 Å². The van der Waals surface area contributed by atoms with Gasteiger partial charge in [0.2, 0.25) is 11.8 Å². The lowest BCUT2D eigenvalue weighted by atomic mass is 9.92. The zero-order valence-electron chi connectivity index (χ0n) is 33.8. The number of aldehydes is 1. The molecule has 58 heavy (non-hydrogen) atoms. The first-order valence-corrected chi connectivity index (χ1v) is 19.9. The molecule has 2 amide bonds. The lowest BCUT2D eigenvalue weighted by molar-refractivity contribution is -0.122. The Balaban J connectivity index is 0.932. The number of pyridine rings is 1. The first kappa shape index (κ1) is 40.0. The average Bonchev–Trinajstić information content (AvgIpc) is 3.92. The van der Waals surface area contributed by atoms with E-state index in [9.17, 15) is 14.4 Å². The van der Waals surface area contributed by atoms with E-state index >= 15 is 0 Å². The predicted molar refractivity (Wildman–Crippen MR) is 225 cm³/mol. The molecule has 1 aliphatic rings. The Bertz CT molecular complexity index is 2370. The van der Waals surface area contributed by atoms with Gasteiger partial charge in [-0.2, -0.15) is 10.1 Å². The molecule has 3 N–H and O–H groups in total. The number of hydrogen-bond donors (Lipinski definition) is 3. The van der Waals surface area contributed by atoms with Crippen molar-refractivity contribution in [1.29, 1.82) is 0 Å². The van der Waals surface area contributed by atoms with Gasteiger partial charge < -0.3 is 24.9 Å². The maximum Gasteiger partial charge on any atom is 0.292 e. The number of aromatic amines is 1. The molecule has 0 aliphatic carbocycles. The predicted octanol–water partition coefficient (Wildman–Crippen LogP) is 6.38. The molecule has 3 aromatic carbocycles. The van der Waals surface area contributed by atoms with Crippen LogP contribution in [0.3, 0.4) is 0 Å². The molecule has 300 valence electrons. The Morgan fingerprint density at radius 1 is 0.948 bits per heavy atom. The molecule has 1 atom stereocenters. The molecule has 0 spiro atoms. The Morgan fingerprint density at radius 2 is 1.69 bits per heavy atom. The van der Waals surface area contributed by atoms with Crippen molar-refractivity contribution in [3.05, 3.63) is 113 Å². The van der Waals surface area contributed by atoms with Crippen molar-refractivity contribution in [3.63, 3.8) is 0 Å². The normalized spacial score (nSPS) is 14.1. The van der Waals surface area contributed by atoms with Crippen LogP contribution in [0.4, 0.5) is 5.69 Å². The molecule has 4 heterocycles. The van der Waals surface area contributed by atoms with Crippen LogP contribution in [0.5, 0.6) is 0 Å². The van der Waals surface area contributed by atoms with Gasteiger partial charge in [-0.05, 0) is 71.8 Å². The first-order valence-electron chi connectivity index (χ1n) is 19.9. The number of amides is 2. The molecule has 0 bridgehead atoms. The molecule has 6 aromatic rings. The van der Waals surface area contributed by atoms with Crippen molar-refractivity contribution in [3.8, 4) is 22.4 Å². The van der Waals surface area contributed by atoms with Crippen LogP contribution in [0, 0.1) is 6.92 Å². The van der Waals surface area contributed by atoms with Crippen LogP contribution in [0.2, 0.25) is 0 Å². The van der Waals surface area contributed by atoms with Crippen LogP contribution >= 0.6 is 0 Å². The van der Waals surface area contributed by atoms with Gasteiger partial charge in [-0.3, -0.25) is 19.6 Å². The molecule has 13 nitrogen and oxygen atoms in total. The number of fused-ring (bicyclic) bond motifs is 1. The molecule has 1 aliphatic heterocycles. The zero-order chi connectivity index (χ0) is 40.8. The highest BCUT2D eigenvalue weighted by atomic mass is 16.5. The minimum atomic E-state index is -0.383. The second-order valence-corrected chi connectivity index (χ2v) is 16.0. The molecule has 0 saturated carbocycles. The minimum absolute atomic E-state index is 0.0239. The van der Waals surface area contributed by atoms with Crippen molar-refractivity contribution < 1.29 is 18.9 Å². The lowest BCUT2D eigenvalue weighted by Crippen LogP contribution is -2.47. The minimum Gasteiger partial charge on any atom is -0.369 e. The van der Waals surface area contributed by atoms with Gasteiger partial charge in [0.05, 0.1) is 11.6 Å². The van der Waals surface area contributed by atoms with Crippen molar-refractivity contribution in [1.82, 2.24) is 40.9 Å². The monoisotopic (exact) mass is 781 g/mol. The number of aryl methyl sites for hydroxylation is 1. The summed E-state index contributed by atoms with van der Waals surface area (Å²) in [5.74, 6) is -0.303. The van der Waals surface area contributed by atoms with E-state index in [1.54, 1.807) is 7.05 Å². The molecule has 1 fully saturated rings. The lowest BCUT2D eigenvalue weighted by Gasteiger charge is -2.36. The number of carbonyl (C=O) groups is 3. The third kappa shape index (κ3) is 9.15. The maximum atomic E-state index is 12.7. The summed E-state index contributed by atoms with van der Waals surface area (Å²) in [7, 11) is 1.63. The van der Waals surface area contributed by atoms with E-state index < -0.39 is 0 Å². The van der Waals surface area contributed by atoms with E-state index in [0.29, 0.717) is 30.9 Å². The van der Waals surface area contributed by atoms with Crippen LogP contribution in [0.15, 0.2) is 83.5 Å². The fourth-order valence-electron chi connectivity index (χ4n) is 7.36. The Hall–Kier alpha value is -6.21. The quantitative estimate of drug-likeness (QED) is 0.106. The number of H-pyrrole nitrogens is 1. The highest BCUT2D eigenvalue weighted by molar-refractivity contribution is 5.94. The Kier molecular flexibility index (Phi) is 12.1. The number of nitrogens with zero attached hydrogens (tertiary/aromatic N) is 6. The van der Waals surface area contributed by atoms with Crippen molar-refractivity contribution in [2.75, 3.05) is 44.7 Å². The number of benzene rings is 3. The number of carbonyl (C=O) groups excluding carboxylic acids is 3. The van der Waals surface area contributed by atoms with E-state index in [-0.39, 0.29) is 29.0 Å². The maximum absolute atomic E-state index is 12.7. The Labute approximate surface area is 338 Å². The van der Waals surface area contributed by atoms with Gasteiger partial charge in [0.15, 0.2) is 5.65 Å². The van der Waals surface area contributed by atoms with Crippen LogP contribution < -0.4 is 15.5 Å². The number of rotatable bonds is 14. The van der Waals surface area contributed by atoms with Crippen LogP contribution in [-0.4, -0.2) is 88.1 Å². The van der Waals surface area contributed by atoms with Gasteiger partial charge in [-0.25, -0.2) is 4.98 Å². The largest absolute Gasteiger partial charge is 0.369 e. The number of likely N-dealkylation sites (N-methyl/N-ethyl adjacent to an activating group) is 1. The number of piperazine rings is 1. The summed E-state index contributed by atoms with van der Waals surface area (Å²) in [6.07, 6.45) is 4.56. The topological polar surface area (TPSA) is 162 Å². The zero-order valence-corrected chi connectivity index (χ0v) is 33.8. The number of anilines is 1. The molecule has 1 saturated heterocycles. The van der Waals surface area contributed by atoms with E-state index in [1.165, 1.54) is 11.3 Å². The Morgan fingerprint density at radius 3 is 2.36 bits per heavy atom. The summed E-state index contributed by atoms with van der Waals surface area (Å²) in [5.41, 5.74) is 9.67. The summed E-state index contributed by atoms with van der Waals surface area (Å²) in [6, 6.07) is 25.2. The average molecular weight is 782 g/mol. The van der Waals surface area contributed by atoms with Gasteiger partial charge in [0.25, 0.3) is 11.7 Å². The van der Waals surface area contributed by atoms with E-state index in [0.717, 1.165) is 89.9 Å². The molecule has 1 unspecified atom stereocenters. The molecule has 7 rings (SSSR count). The molecule has 13 heteroatoms. The van der Waals surface area contributed by atoms with E-state index in [4.69, 9.17) is 4.52 Å². The SMILES string of the molecule is CNC(=O)C(CCC=O)c1ccc(CCN2CCN(c3ccc(-c4cnc5n[nH]c(-c6ccc(CNC(=O)c7noc(C(C)(C)C)n7)c(C)c6)c5c4)cc3)CC2)cc1. The fraction of sp³-hybridized carbons (Fsp3) is 0.356. The third-order valence-electron chi connectivity index (χ3n) is 10.9. The van der Waals surface area contributed by atoms with Crippen LogP contribution in [0.1, 0.15) is 78.3 Å². The second-order valence-electron chi connectivity index (χ2n) is 16.0. The molecular formula is C45H51N9O4. The smallest absolute Gasteiger partial charge is 0.292 e. The standard InChI is InChI=1S/C45H51N9O4/c1-29-25-33(12-13-34(29)27-48-43(57)41-49-44(58-52-41)45(2,3)4)39-38-26-35(28-47-40(38)51-50-39)31-14-16-36(17-15-31)54-22-20-53(21-23-54)19-18-30-8-10-32(11-9-30)37(7-6-24-55)42(56)46-5/h8-17,24-26,28,37H,6-7,18-23,27H2,1-5H3,(H,46,56)(H,48,57)(H,47,50,51). The van der Waals surface area contributed by atoms with Gasteiger partial charge in [0, 0.05) is 86.5 Å². The summed E-state index contributed by atoms with van der Waals surface area (Å²) >= 11 is 0. The highest BCUT2D eigenvalue weighted by Gasteiger charge is 2.25. The van der Waals surface area contributed by atoms with E-state index in [1.807, 2.05) is 58.2 Å². The number of hydrogen-bond acceptors (Lipinski definition) is 10. The van der Waals surface area contributed by atoms with Crippen molar-refractivity contribution in [2.45, 2.75) is 64.8 Å². The first-order chi connectivity index (χ1) is 28.0. The van der Waals surface area contributed by atoms with Gasteiger partial charge >= 0.3 is 0 Å². The molecule has 3 aromatic heterocycles. The van der Waals surface area contributed by atoms with Gasteiger partial charge in [0.1, 0.15) is 6.29 Å². The molecular weight excluding hydrogens is 731 g/mol. The summed E-state index contributed by atoms with van der Waals surface area (Å²) in [6.45, 7) is 13.1. The third-order valence-corrected chi connectivity index (χ3v) is 10.9.